The van der Waals surface area contributed by atoms with Crippen LogP contribution in [0.2, 0.25) is 0 Å². The second-order valence-corrected chi connectivity index (χ2v) is 6.32. The number of nitrogens with zero attached hydrogens (tertiary/aromatic N) is 1. The number of carbonyl (C=O) groups is 1. The average Bonchev–Trinajstić information content (AvgIpc) is 2.72. The van der Waals surface area contributed by atoms with Gasteiger partial charge in [-0.2, -0.15) is 0 Å². The Balaban J connectivity index is 1.69. The maximum Gasteiger partial charge on any atom is 0.410 e. The molecule has 0 unspecified atom stereocenters. The Kier molecular flexibility index (Phi) is 2.65. The van der Waals surface area contributed by atoms with Gasteiger partial charge in [-0.15, -0.1) is 0 Å². The lowest BCUT2D eigenvalue weighted by atomic mass is 9.92. The molecule has 0 atom stereocenters. The number of ether oxygens (including phenoxy) is 1. The zero-order valence-electron chi connectivity index (χ0n) is 10.5. The number of amides is 1. The molecule has 0 bridgehead atoms. The summed E-state index contributed by atoms with van der Waals surface area (Å²) < 4.78 is 5.29. The SMILES string of the molecule is CC(C)(C)OC(=O)N1CC(CC2(N)CC2)C1. The molecule has 1 aliphatic heterocycles. The second kappa shape index (κ2) is 3.62. The van der Waals surface area contributed by atoms with Crippen LogP contribution in [0.5, 0.6) is 0 Å². The van der Waals surface area contributed by atoms with E-state index in [-0.39, 0.29) is 11.6 Å². The zero-order chi connectivity index (χ0) is 12.0. The molecule has 0 aromatic rings. The predicted octanol–water partition coefficient (Wildman–Crippen LogP) is 1.73. The van der Waals surface area contributed by atoms with E-state index in [2.05, 4.69) is 0 Å². The summed E-state index contributed by atoms with van der Waals surface area (Å²) in [6, 6.07) is 0. The molecule has 1 amide bonds. The van der Waals surface area contributed by atoms with Gasteiger partial charge in [-0.05, 0) is 46.0 Å². The lowest BCUT2D eigenvalue weighted by Crippen LogP contribution is -2.53. The van der Waals surface area contributed by atoms with Gasteiger partial charge in [0.05, 0.1) is 0 Å². The summed E-state index contributed by atoms with van der Waals surface area (Å²) in [7, 11) is 0. The molecular weight excluding hydrogens is 204 g/mol. The molecule has 1 saturated carbocycles. The first kappa shape index (κ1) is 11.7. The number of hydrogen-bond acceptors (Lipinski definition) is 3. The third kappa shape index (κ3) is 2.88. The molecule has 2 aliphatic rings. The molecule has 2 fully saturated rings. The number of likely N-dealkylation sites (tertiary alicyclic amines) is 1. The molecule has 4 heteroatoms. The monoisotopic (exact) mass is 226 g/mol. The van der Waals surface area contributed by atoms with Gasteiger partial charge in [0.1, 0.15) is 5.60 Å². The molecule has 92 valence electrons. The van der Waals surface area contributed by atoms with Gasteiger partial charge in [-0.1, -0.05) is 0 Å². The van der Waals surface area contributed by atoms with E-state index in [1.54, 1.807) is 4.90 Å². The van der Waals surface area contributed by atoms with E-state index in [1.165, 1.54) is 0 Å². The molecule has 1 heterocycles. The summed E-state index contributed by atoms with van der Waals surface area (Å²) in [5, 5.41) is 0. The van der Waals surface area contributed by atoms with Crippen LogP contribution in [-0.2, 0) is 4.74 Å². The minimum absolute atomic E-state index is 0.102. The van der Waals surface area contributed by atoms with Crippen molar-refractivity contribution < 1.29 is 9.53 Å². The predicted molar refractivity (Wildman–Crippen MR) is 62.1 cm³/mol. The Bertz CT molecular complexity index is 286. The molecule has 4 nitrogen and oxygen atoms in total. The third-order valence-electron chi connectivity index (χ3n) is 3.20. The topological polar surface area (TPSA) is 55.6 Å². The Hall–Kier alpha value is -0.770. The first-order chi connectivity index (χ1) is 7.27. The highest BCUT2D eigenvalue weighted by molar-refractivity contribution is 5.69. The van der Waals surface area contributed by atoms with Crippen LogP contribution < -0.4 is 5.73 Å². The molecule has 0 spiro atoms. The van der Waals surface area contributed by atoms with Crippen molar-refractivity contribution in [2.45, 2.75) is 51.2 Å². The van der Waals surface area contributed by atoms with Gasteiger partial charge in [0, 0.05) is 18.6 Å². The maximum atomic E-state index is 11.6. The van der Waals surface area contributed by atoms with Crippen LogP contribution in [0.1, 0.15) is 40.0 Å². The fraction of sp³-hybridized carbons (Fsp3) is 0.917. The number of carbonyl (C=O) groups excluding carboxylic acids is 1. The Morgan fingerprint density at radius 2 is 2.00 bits per heavy atom. The molecule has 1 aliphatic carbocycles. The highest BCUT2D eigenvalue weighted by Crippen LogP contribution is 2.40. The molecule has 0 radical (unpaired) electrons. The minimum atomic E-state index is -0.395. The summed E-state index contributed by atoms with van der Waals surface area (Å²) in [4.78, 5) is 13.4. The van der Waals surface area contributed by atoms with Gasteiger partial charge in [0.15, 0.2) is 0 Å². The fourth-order valence-electron chi connectivity index (χ4n) is 2.11. The molecule has 0 aromatic carbocycles. The van der Waals surface area contributed by atoms with E-state index in [0.717, 1.165) is 32.4 Å². The largest absolute Gasteiger partial charge is 0.444 e. The molecule has 2 N–H and O–H groups in total. The molecular formula is C12H22N2O2. The van der Waals surface area contributed by atoms with Crippen molar-refractivity contribution in [2.24, 2.45) is 11.7 Å². The lowest BCUT2D eigenvalue weighted by Gasteiger charge is -2.40. The zero-order valence-corrected chi connectivity index (χ0v) is 10.5. The molecule has 16 heavy (non-hydrogen) atoms. The van der Waals surface area contributed by atoms with Crippen molar-refractivity contribution in [3.8, 4) is 0 Å². The molecule has 2 rings (SSSR count). The Labute approximate surface area is 97.1 Å². The fourth-order valence-corrected chi connectivity index (χ4v) is 2.11. The normalized spacial score (nSPS) is 23.9. The van der Waals surface area contributed by atoms with Crippen LogP contribution in [0.4, 0.5) is 4.79 Å². The number of rotatable bonds is 2. The van der Waals surface area contributed by atoms with Crippen molar-refractivity contribution in [2.75, 3.05) is 13.1 Å². The summed E-state index contributed by atoms with van der Waals surface area (Å²) in [5.41, 5.74) is 5.75. The van der Waals surface area contributed by atoms with Crippen LogP contribution in [0.3, 0.4) is 0 Å². The van der Waals surface area contributed by atoms with Gasteiger partial charge in [-0.3, -0.25) is 0 Å². The van der Waals surface area contributed by atoms with E-state index in [0.29, 0.717) is 5.92 Å². The van der Waals surface area contributed by atoms with Crippen LogP contribution in [0.25, 0.3) is 0 Å². The van der Waals surface area contributed by atoms with E-state index < -0.39 is 5.60 Å². The highest BCUT2D eigenvalue weighted by atomic mass is 16.6. The lowest BCUT2D eigenvalue weighted by molar-refractivity contribution is -0.00345. The van der Waals surface area contributed by atoms with Crippen LogP contribution in [0, 0.1) is 5.92 Å². The van der Waals surface area contributed by atoms with Crippen molar-refractivity contribution in [3.63, 3.8) is 0 Å². The van der Waals surface area contributed by atoms with Gasteiger partial charge >= 0.3 is 6.09 Å². The van der Waals surface area contributed by atoms with Crippen LogP contribution in [0.15, 0.2) is 0 Å². The van der Waals surface area contributed by atoms with Crippen molar-refractivity contribution in [3.05, 3.63) is 0 Å². The Morgan fingerprint density at radius 3 is 2.44 bits per heavy atom. The van der Waals surface area contributed by atoms with Gasteiger partial charge < -0.3 is 15.4 Å². The summed E-state index contributed by atoms with van der Waals surface area (Å²) in [6.45, 7) is 7.30. The van der Waals surface area contributed by atoms with Crippen molar-refractivity contribution in [1.82, 2.24) is 4.90 Å². The first-order valence-corrected chi connectivity index (χ1v) is 6.04. The third-order valence-corrected chi connectivity index (χ3v) is 3.20. The summed E-state index contributed by atoms with van der Waals surface area (Å²) in [5.74, 6) is 0.583. The van der Waals surface area contributed by atoms with Gasteiger partial charge in [0.2, 0.25) is 0 Å². The summed E-state index contributed by atoms with van der Waals surface area (Å²) in [6.07, 6.45) is 3.17. The first-order valence-electron chi connectivity index (χ1n) is 6.04. The van der Waals surface area contributed by atoms with Gasteiger partial charge in [-0.25, -0.2) is 4.79 Å². The highest BCUT2D eigenvalue weighted by Gasteiger charge is 2.44. The Morgan fingerprint density at radius 1 is 1.44 bits per heavy atom. The van der Waals surface area contributed by atoms with Crippen molar-refractivity contribution in [1.29, 1.82) is 0 Å². The number of nitrogens with two attached hydrogens (primary N) is 1. The van der Waals surface area contributed by atoms with E-state index >= 15 is 0 Å². The van der Waals surface area contributed by atoms with Crippen molar-refractivity contribution >= 4 is 6.09 Å². The number of hydrogen-bond donors (Lipinski definition) is 1. The van der Waals surface area contributed by atoms with Crippen LogP contribution >= 0.6 is 0 Å². The second-order valence-electron chi connectivity index (χ2n) is 6.32. The summed E-state index contributed by atoms with van der Waals surface area (Å²) >= 11 is 0. The van der Waals surface area contributed by atoms with E-state index in [9.17, 15) is 4.79 Å². The average molecular weight is 226 g/mol. The van der Waals surface area contributed by atoms with Gasteiger partial charge in [0.25, 0.3) is 0 Å². The molecule has 1 saturated heterocycles. The van der Waals surface area contributed by atoms with E-state index in [1.807, 2.05) is 20.8 Å². The standard InChI is InChI=1S/C12H22N2O2/c1-11(2,3)16-10(15)14-7-9(8-14)6-12(13)4-5-12/h9H,4-8,13H2,1-3H3. The van der Waals surface area contributed by atoms with Crippen LogP contribution in [-0.4, -0.2) is 35.2 Å². The maximum absolute atomic E-state index is 11.6. The smallest absolute Gasteiger partial charge is 0.410 e. The minimum Gasteiger partial charge on any atom is -0.444 e. The van der Waals surface area contributed by atoms with E-state index in [4.69, 9.17) is 10.5 Å². The molecule has 0 aromatic heterocycles. The quantitative estimate of drug-likeness (QED) is 0.780.